The van der Waals surface area contributed by atoms with E-state index >= 15 is 0 Å². The minimum absolute atomic E-state index is 0.159. The highest BCUT2D eigenvalue weighted by Crippen LogP contribution is 2.33. The third-order valence-electron chi connectivity index (χ3n) is 3.13. The Bertz CT molecular complexity index is 623. The Hall–Kier alpha value is -2.17. The number of benzene rings is 2. The molecule has 2 nitrogen and oxygen atoms in total. The van der Waals surface area contributed by atoms with Gasteiger partial charge in [-0.05, 0) is 48.9 Å². The predicted octanol–water partition coefficient (Wildman–Crippen LogP) is 4.49. The van der Waals surface area contributed by atoms with Crippen molar-refractivity contribution < 1.29 is 18.3 Å². The Morgan fingerprint density at radius 1 is 1.00 bits per heavy atom. The van der Waals surface area contributed by atoms with Gasteiger partial charge >= 0.3 is 6.18 Å². The standard InChI is InChI=1S/C15H14F3NO/c1-10-8-13(6-7-14(10)20)19(2)12-5-3-4-11(9-12)15(16,17)18/h3-9,20H,1-2H3. The van der Waals surface area contributed by atoms with Crippen molar-refractivity contribution in [3.8, 4) is 5.75 Å². The molecule has 1 N–H and O–H groups in total. The molecule has 0 aliphatic rings. The molecule has 0 saturated heterocycles. The molecule has 0 aliphatic heterocycles. The number of nitrogens with zero attached hydrogens (tertiary/aromatic N) is 1. The molecular formula is C15H14F3NO. The number of hydrogen-bond donors (Lipinski definition) is 1. The molecule has 0 spiro atoms. The number of rotatable bonds is 2. The van der Waals surface area contributed by atoms with Gasteiger partial charge in [0.05, 0.1) is 5.56 Å². The zero-order chi connectivity index (χ0) is 14.9. The SMILES string of the molecule is Cc1cc(N(C)c2cccc(C(F)(F)F)c2)ccc1O. The number of aromatic hydroxyl groups is 1. The molecule has 20 heavy (non-hydrogen) atoms. The Labute approximate surface area is 115 Å². The molecule has 0 fully saturated rings. The van der Waals surface area contributed by atoms with E-state index in [0.717, 1.165) is 12.1 Å². The molecule has 0 saturated carbocycles. The fraction of sp³-hybridized carbons (Fsp3) is 0.200. The molecule has 2 aromatic carbocycles. The molecule has 2 rings (SSSR count). The second-order valence-corrected chi connectivity index (χ2v) is 4.58. The summed E-state index contributed by atoms with van der Waals surface area (Å²) in [4.78, 5) is 1.64. The lowest BCUT2D eigenvalue weighted by Crippen LogP contribution is -2.12. The first-order chi connectivity index (χ1) is 9.29. The largest absolute Gasteiger partial charge is 0.508 e. The lowest BCUT2D eigenvalue weighted by Gasteiger charge is -2.21. The first kappa shape index (κ1) is 14.2. The maximum atomic E-state index is 12.7. The highest BCUT2D eigenvalue weighted by atomic mass is 19.4. The van der Waals surface area contributed by atoms with Crippen LogP contribution in [0.4, 0.5) is 24.5 Å². The summed E-state index contributed by atoms with van der Waals surface area (Å²) in [6, 6.07) is 10.0. The number of anilines is 2. The van der Waals surface area contributed by atoms with Crippen molar-refractivity contribution in [1.82, 2.24) is 0 Å². The number of alkyl halides is 3. The van der Waals surface area contributed by atoms with Crippen LogP contribution in [0.25, 0.3) is 0 Å². The fourth-order valence-electron chi connectivity index (χ4n) is 1.89. The van der Waals surface area contributed by atoms with E-state index in [1.807, 2.05) is 0 Å². The molecule has 0 atom stereocenters. The van der Waals surface area contributed by atoms with Gasteiger partial charge in [-0.2, -0.15) is 13.2 Å². The summed E-state index contributed by atoms with van der Waals surface area (Å²) in [7, 11) is 1.68. The summed E-state index contributed by atoms with van der Waals surface area (Å²) in [5.74, 6) is 0.159. The Kier molecular flexibility index (Phi) is 3.61. The molecule has 0 unspecified atom stereocenters. The van der Waals surface area contributed by atoms with Crippen LogP contribution in [0.2, 0.25) is 0 Å². The van der Waals surface area contributed by atoms with Gasteiger partial charge in [-0.25, -0.2) is 0 Å². The van der Waals surface area contributed by atoms with Gasteiger partial charge in [-0.1, -0.05) is 6.07 Å². The predicted molar refractivity (Wildman–Crippen MR) is 72.4 cm³/mol. The van der Waals surface area contributed by atoms with Gasteiger partial charge in [-0.15, -0.1) is 0 Å². The molecule has 0 aromatic heterocycles. The third-order valence-corrected chi connectivity index (χ3v) is 3.13. The molecule has 0 radical (unpaired) electrons. The van der Waals surface area contributed by atoms with Crippen LogP contribution >= 0.6 is 0 Å². The quantitative estimate of drug-likeness (QED) is 0.876. The summed E-state index contributed by atoms with van der Waals surface area (Å²) >= 11 is 0. The average Bonchev–Trinajstić information content (AvgIpc) is 2.40. The minimum Gasteiger partial charge on any atom is -0.508 e. The molecule has 106 valence electrons. The van der Waals surface area contributed by atoms with Crippen molar-refractivity contribution in [2.75, 3.05) is 11.9 Å². The molecule has 0 aliphatic carbocycles. The van der Waals surface area contributed by atoms with Crippen molar-refractivity contribution >= 4 is 11.4 Å². The molecule has 2 aromatic rings. The van der Waals surface area contributed by atoms with Gasteiger partial charge in [0.2, 0.25) is 0 Å². The van der Waals surface area contributed by atoms with E-state index in [-0.39, 0.29) is 5.75 Å². The van der Waals surface area contributed by atoms with Gasteiger partial charge in [0.25, 0.3) is 0 Å². The summed E-state index contributed by atoms with van der Waals surface area (Å²) in [5, 5.41) is 9.48. The van der Waals surface area contributed by atoms with E-state index in [4.69, 9.17) is 0 Å². The zero-order valence-corrected chi connectivity index (χ0v) is 11.1. The lowest BCUT2D eigenvalue weighted by molar-refractivity contribution is -0.137. The summed E-state index contributed by atoms with van der Waals surface area (Å²) in [6.45, 7) is 1.73. The minimum atomic E-state index is -4.36. The molecule has 0 amide bonds. The van der Waals surface area contributed by atoms with E-state index < -0.39 is 11.7 Å². The number of hydrogen-bond acceptors (Lipinski definition) is 2. The monoisotopic (exact) mass is 281 g/mol. The van der Waals surface area contributed by atoms with Crippen LogP contribution in [0.3, 0.4) is 0 Å². The van der Waals surface area contributed by atoms with Crippen molar-refractivity contribution in [3.63, 3.8) is 0 Å². The average molecular weight is 281 g/mol. The van der Waals surface area contributed by atoms with Gasteiger partial charge < -0.3 is 10.0 Å². The highest BCUT2D eigenvalue weighted by molar-refractivity contribution is 5.65. The van der Waals surface area contributed by atoms with Crippen LogP contribution < -0.4 is 4.90 Å². The highest BCUT2D eigenvalue weighted by Gasteiger charge is 2.30. The summed E-state index contributed by atoms with van der Waals surface area (Å²) in [5.41, 5.74) is 1.13. The van der Waals surface area contributed by atoms with E-state index in [1.165, 1.54) is 12.1 Å². The van der Waals surface area contributed by atoms with Crippen molar-refractivity contribution in [2.45, 2.75) is 13.1 Å². The number of phenols is 1. The maximum absolute atomic E-state index is 12.7. The summed E-state index contributed by atoms with van der Waals surface area (Å²) in [6.07, 6.45) is -4.36. The van der Waals surface area contributed by atoms with Crippen LogP contribution in [-0.2, 0) is 6.18 Å². The maximum Gasteiger partial charge on any atom is 0.416 e. The van der Waals surface area contributed by atoms with E-state index in [2.05, 4.69) is 0 Å². The van der Waals surface area contributed by atoms with Crippen LogP contribution in [0.1, 0.15) is 11.1 Å². The Morgan fingerprint density at radius 3 is 2.25 bits per heavy atom. The normalized spacial score (nSPS) is 11.4. The topological polar surface area (TPSA) is 23.5 Å². The van der Waals surface area contributed by atoms with E-state index in [1.54, 1.807) is 37.1 Å². The zero-order valence-electron chi connectivity index (χ0n) is 11.1. The first-order valence-electron chi connectivity index (χ1n) is 5.99. The first-order valence-corrected chi connectivity index (χ1v) is 5.99. The number of aryl methyl sites for hydroxylation is 1. The van der Waals surface area contributed by atoms with E-state index in [0.29, 0.717) is 16.9 Å². The second-order valence-electron chi connectivity index (χ2n) is 4.58. The second kappa shape index (κ2) is 5.07. The molecule has 0 bridgehead atoms. The van der Waals surface area contributed by atoms with Crippen LogP contribution in [0.5, 0.6) is 5.75 Å². The van der Waals surface area contributed by atoms with Gasteiger partial charge in [0.15, 0.2) is 0 Å². The van der Waals surface area contributed by atoms with Crippen molar-refractivity contribution in [2.24, 2.45) is 0 Å². The van der Waals surface area contributed by atoms with Crippen LogP contribution in [-0.4, -0.2) is 12.2 Å². The summed E-state index contributed by atoms with van der Waals surface area (Å²) < 4.78 is 38.1. The fourth-order valence-corrected chi connectivity index (χ4v) is 1.89. The van der Waals surface area contributed by atoms with Gasteiger partial charge in [0.1, 0.15) is 5.75 Å². The molecule has 0 heterocycles. The van der Waals surface area contributed by atoms with Crippen LogP contribution in [0.15, 0.2) is 42.5 Å². The number of halogens is 3. The van der Waals surface area contributed by atoms with Gasteiger partial charge in [0, 0.05) is 18.4 Å². The lowest BCUT2D eigenvalue weighted by atomic mass is 10.1. The van der Waals surface area contributed by atoms with Crippen molar-refractivity contribution in [3.05, 3.63) is 53.6 Å². The number of phenolic OH excluding ortho intramolecular Hbond substituents is 1. The molecule has 5 heteroatoms. The van der Waals surface area contributed by atoms with E-state index in [9.17, 15) is 18.3 Å². The van der Waals surface area contributed by atoms with Gasteiger partial charge in [-0.3, -0.25) is 0 Å². The molecular weight excluding hydrogens is 267 g/mol. The van der Waals surface area contributed by atoms with Crippen LogP contribution in [0, 0.1) is 6.92 Å². The third kappa shape index (κ3) is 2.87. The smallest absolute Gasteiger partial charge is 0.416 e. The Balaban J connectivity index is 2.38. The van der Waals surface area contributed by atoms with Crippen molar-refractivity contribution in [1.29, 1.82) is 0 Å². The Morgan fingerprint density at radius 2 is 1.65 bits per heavy atom.